The second kappa shape index (κ2) is 51.7. The van der Waals surface area contributed by atoms with Gasteiger partial charge in [-0.15, -0.1) is 0 Å². The van der Waals surface area contributed by atoms with Crippen molar-refractivity contribution in [3.05, 3.63) is 60.8 Å². The molecule has 0 heterocycles. The number of hydrogen-bond donors (Lipinski definition) is 0. The van der Waals surface area contributed by atoms with E-state index in [1.54, 1.807) is 0 Å². The summed E-state index contributed by atoms with van der Waals surface area (Å²) in [4.78, 5) is 37.9. The van der Waals surface area contributed by atoms with Crippen LogP contribution in [0.1, 0.15) is 265 Å². The molecule has 0 aliphatic rings. The Morgan fingerprint density at radius 2 is 0.651 bits per heavy atom. The molecule has 0 aromatic heterocycles. The van der Waals surface area contributed by atoms with Crippen molar-refractivity contribution in [3.8, 4) is 0 Å². The number of unbranched alkanes of at least 4 members (excludes halogenated alkanes) is 28. The average Bonchev–Trinajstić information content (AvgIpc) is 3.28. The molecule has 0 rings (SSSR count). The standard InChI is InChI=1S/C57H100O6/c1-4-7-10-13-16-19-22-25-27-28-29-30-33-35-38-41-44-47-50-56(59)62-53-54(52-61-55(58)49-46-43-40-37-34-31-24-21-18-15-12-9-6-3)63-57(60)51-48-45-42-39-36-32-26-23-20-17-14-11-8-5-2/h27-32,34,36,40,43,54H,4-26,33,35,37-39,41-42,44-53H2,1-3H3/b28-27+,30-29+,34-31+,36-32+,43-40+. The van der Waals surface area contributed by atoms with Gasteiger partial charge in [-0.1, -0.05) is 216 Å². The van der Waals surface area contributed by atoms with Gasteiger partial charge >= 0.3 is 17.9 Å². The van der Waals surface area contributed by atoms with Crippen LogP contribution in [-0.4, -0.2) is 37.2 Å². The Balaban J connectivity index is 4.46. The Kier molecular flexibility index (Phi) is 49.4. The first-order chi connectivity index (χ1) is 31.0. The molecule has 1 atom stereocenters. The maximum absolute atomic E-state index is 12.8. The molecule has 1 unspecified atom stereocenters. The number of esters is 3. The van der Waals surface area contributed by atoms with Crippen LogP contribution in [0.2, 0.25) is 0 Å². The summed E-state index contributed by atoms with van der Waals surface area (Å²) in [7, 11) is 0. The van der Waals surface area contributed by atoms with Gasteiger partial charge in [0.25, 0.3) is 0 Å². The van der Waals surface area contributed by atoms with E-state index in [0.717, 1.165) is 83.5 Å². The van der Waals surface area contributed by atoms with Crippen molar-refractivity contribution < 1.29 is 28.6 Å². The van der Waals surface area contributed by atoms with Gasteiger partial charge in [0.1, 0.15) is 13.2 Å². The summed E-state index contributed by atoms with van der Waals surface area (Å²) in [6, 6.07) is 0. The lowest BCUT2D eigenvalue weighted by atomic mass is 10.1. The van der Waals surface area contributed by atoms with Crippen molar-refractivity contribution in [1.29, 1.82) is 0 Å². The molecule has 63 heavy (non-hydrogen) atoms. The smallest absolute Gasteiger partial charge is 0.306 e. The minimum Gasteiger partial charge on any atom is -0.462 e. The van der Waals surface area contributed by atoms with E-state index in [-0.39, 0.29) is 37.5 Å². The van der Waals surface area contributed by atoms with Gasteiger partial charge in [0, 0.05) is 19.3 Å². The average molecular weight is 881 g/mol. The monoisotopic (exact) mass is 881 g/mol. The first-order valence-corrected chi connectivity index (χ1v) is 26.8. The number of ether oxygens (including phenoxy) is 3. The summed E-state index contributed by atoms with van der Waals surface area (Å²) in [6.45, 7) is 6.55. The van der Waals surface area contributed by atoms with Gasteiger partial charge in [0.15, 0.2) is 6.10 Å². The molecule has 0 saturated heterocycles. The Bertz CT molecular complexity index is 1150. The van der Waals surface area contributed by atoms with Gasteiger partial charge in [-0.3, -0.25) is 14.4 Å². The van der Waals surface area contributed by atoms with Crippen LogP contribution in [0.3, 0.4) is 0 Å². The molecule has 0 aromatic rings. The van der Waals surface area contributed by atoms with Gasteiger partial charge in [0.2, 0.25) is 0 Å². The predicted octanol–water partition coefficient (Wildman–Crippen LogP) is 17.6. The van der Waals surface area contributed by atoms with E-state index in [9.17, 15) is 14.4 Å². The molecule has 0 amide bonds. The van der Waals surface area contributed by atoms with Gasteiger partial charge in [0.05, 0.1) is 0 Å². The van der Waals surface area contributed by atoms with Crippen molar-refractivity contribution in [3.63, 3.8) is 0 Å². The summed E-state index contributed by atoms with van der Waals surface area (Å²) in [5.74, 6) is -1.00. The van der Waals surface area contributed by atoms with Crippen LogP contribution < -0.4 is 0 Å². The molecule has 0 aromatic carbocycles. The lowest BCUT2D eigenvalue weighted by Gasteiger charge is -2.18. The zero-order valence-electron chi connectivity index (χ0n) is 41.6. The second-order valence-electron chi connectivity index (χ2n) is 17.8. The Morgan fingerprint density at radius 3 is 1.10 bits per heavy atom. The summed E-state index contributed by atoms with van der Waals surface area (Å²) >= 11 is 0. The number of allylic oxidation sites excluding steroid dienone is 10. The van der Waals surface area contributed by atoms with E-state index in [1.807, 2.05) is 6.08 Å². The van der Waals surface area contributed by atoms with Crippen molar-refractivity contribution in [1.82, 2.24) is 0 Å². The predicted molar refractivity (Wildman–Crippen MR) is 270 cm³/mol. The molecule has 0 aliphatic heterocycles. The van der Waals surface area contributed by atoms with E-state index >= 15 is 0 Å². The van der Waals surface area contributed by atoms with Crippen LogP contribution in [0.25, 0.3) is 0 Å². The number of carbonyl (C=O) groups is 3. The molecule has 0 saturated carbocycles. The Morgan fingerprint density at radius 1 is 0.333 bits per heavy atom. The van der Waals surface area contributed by atoms with Crippen molar-refractivity contribution in [2.45, 2.75) is 271 Å². The summed E-state index contributed by atoms with van der Waals surface area (Å²) < 4.78 is 16.7. The van der Waals surface area contributed by atoms with E-state index < -0.39 is 6.10 Å². The summed E-state index contributed by atoms with van der Waals surface area (Å²) in [5.41, 5.74) is 0. The van der Waals surface area contributed by atoms with Gasteiger partial charge in [-0.25, -0.2) is 0 Å². The lowest BCUT2D eigenvalue weighted by Crippen LogP contribution is -2.30. The quantitative estimate of drug-likeness (QED) is 0.0199. The largest absolute Gasteiger partial charge is 0.462 e. The van der Waals surface area contributed by atoms with Crippen LogP contribution in [0, 0.1) is 0 Å². The van der Waals surface area contributed by atoms with Gasteiger partial charge in [-0.05, 0) is 89.9 Å². The van der Waals surface area contributed by atoms with E-state index in [0.29, 0.717) is 19.3 Å². The SMILES string of the molecule is CCCCCCCC/C=C/C/C=C/CCC(=O)OCC(COC(=O)CCCCCCC/C=C/C=C/CCCCCCCCC)OC(=O)CCCCC/C=C/CCCCCCCCC. The fourth-order valence-electron chi connectivity index (χ4n) is 7.42. The zero-order chi connectivity index (χ0) is 45.8. The normalized spacial score (nSPS) is 12.5. The fraction of sp³-hybridized carbons (Fsp3) is 0.772. The molecule has 6 nitrogen and oxygen atoms in total. The second-order valence-corrected chi connectivity index (χ2v) is 17.8. The third kappa shape index (κ3) is 50.0. The highest BCUT2D eigenvalue weighted by molar-refractivity contribution is 5.71. The van der Waals surface area contributed by atoms with Crippen molar-refractivity contribution in [2.24, 2.45) is 0 Å². The third-order valence-electron chi connectivity index (χ3n) is 11.5. The molecule has 364 valence electrons. The highest BCUT2D eigenvalue weighted by atomic mass is 16.6. The lowest BCUT2D eigenvalue weighted by molar-refractivity contribution is -0.166. The van der Waals surface area contributed by atoms with Crippen LogP contribution in [0.4, 0.5) is 0 Å². The summed E-state index contributed by atoms with van der Waals surface area (Å²) in [5, 5.41) is 0. The zero-order valence-corrected chi connectivity index (χ0v) is 41.6. The number of carbonyl (C=O) groups excluding carboxylic acids is 3. The molecule has 0 fully saturated rings. The van der Waals surface area contributed by atoms with Crippen molar-refractivity contribution in [2.75, 3.05) is 13.2 Å². The Hall–Kier alpha value is -2.89. The minimum absolute atomic E-state index is 0.105. The van der Waals surface area contributed by atoms with Gasteiger partial charge < -0.3 is 14.2 Å². The molecular formula is C57H100O6. The topological polar surface area (TPSA) is 78.9 Å². The summed E-state index contributed by atoms with van der Waals surface area (Å²) in [6.07, 6.45) is 63.6. The third-order valence-corrected chi connectivity index (χ3v) is 11.5. The maximum atomic E-state index is 12.8. The van der Waals surface area contributed by atoms with Crippen molar-refractivity contribution >= 4 is 17.9 Å². The highest BCUT2D eigenvalue weighted by Gasteiger charge is 2.19. The highest BCUT2D eigenvalue weighted by Crippen LogP contribution is 2.13. The number of rotatable bonds is 48. The molecule has 0 bridgehead atoms. The number of hydrogen-bond acceptors (Lipinski definition) is 6. The first kappa shape index (κ1) is 60.1. The molecule has 0 N–H and O–H groups in total. The molecule has 0 aliphatic carbocycles. The van der Waals surface area contributed by atoms with Gasteiger partial charge in [-0.2, -0.15) is 0 Å². The fourth-order valence-corrected chi connectivity index (χ4v) is 7.42. The van der Waals surface area contributed by atoms with Crippen LogP contribution in [-0.2, 0) is 28.6 Å². The molecule has 6 heteroatoms. The molecule has 0 spiro atoms. The molecular weight excluding hydrogens is 781 g/mol. The van der Waals surface area contributed by atoms with Crippen LogP contribution in [0.15, 0.2) is 60.8 Å². The minimum atomic E-state index is -0.810. The van der Waals surface area contributed by atoms with Crippen LogP contribution in [0.5, 0.6) is 0 Å². The van der Waals surface area contributed by atoms with E-state index in [1.165, 1.54) is 135 Å². The Labute approximate surface area is 390 Å². The molecule has 0 radical (unpaired) electrons. The first-order valence-electron chi connectivity index (χ1n) is 26.8. The van der Waals surface area contributed by atoms with Crippen LogP contribution >= 0.6 is 0 Å². The van der Waals surface area contributed by atoms with E-state index in [4.69, 9.17) is 14.2 Å². The maximum Gasteiger partial charge on any atom is 0.306 e. The van der Waals surface area contributed by atoms with E-state index in [2.05, 4.69) is 75.5 Å².